The van der Waals surface area contributed by atoms with E-state index in [1.807, 2.05) is 0 Å². The number of halogens is 2. The molecule has 0 atom stereocenters. The van der Waals surface area contributed by atoms with Crippen molar-refractivity contribution >= 4 is 35.1 Å². The molecule has 0 bridgehead atoms. The fourth-order valence-electron chi connectivity index (χ4n) is 3.60. The van der Waals surface area contributed by atoms with Crippen LogP contribution in [-0.2, 0) is 9.59 Å². The molecule has 2 aliphatic rings. The molecule has 3 rings (SSSR count). The first-order valence-corrected chi connectivity index (χ1v) is 8.57. The van der Waals surface area contributed by atoms with Crippen LogP contribution in [0.3, 0.4) is 0 Å². The van der Waals surface area contributed by atoms with Gasteiger partial charge in [-0.1, -0.05) is 30.9 Å². The summed E-state index contributed by atoms with van der Waals surface area (Å²) in [5.74, 6) is -1.40. The number of hydrogen-bond acceptors (Lipinski definition) is 3. The Hall–Kier alpha value is -2.15. The Morgan fingerprint density at radius 3 is 2.60 bits per heavy atom. The van der Waals surface area contributed by atoms with Crippen LogP contribution in [-0.4, -0.2) is 46.8 Å². The average Bonchev–Trinajstić information content (AvgIpc) is 2.75. The van der Waals surface area contributed by atoms with Gasteiger partial charge >= 0.3 is 6.03 Å². The Morgan fingerprint density at radius 1 is 1.28 bits per heavy atom. The first-order chi connectivity index (χ1) is 11.8. The van der Waals surface area contributed by atoms with E-state index in [0.717, 1.165) is 30.2 Å². The van der Waals surface area contributed by atoms with Crippen LogP contribution in [0.5, 0.6) is 0 Å². The Kier molecular flexibility index (Phi) is 4.69. The normalized spacial score (nSPS) is 19.6. The second kappa shape index (κ2) is 6.63. The summed E-state index contributed by atoms with van der Waals surface area (Å²) in [6, 6.07) is 3.11. The van der Waals surface area contributed by atoms with Crippen molar-refractivity contribution in [3.8, 4) is 0 Å². The number of carbonyl (C=O) groups is 3. The molecule has 2 fully saturated rings. The van der Waals surface area contributed by atoms with Gasteiger partial charge < -0.3 is 10.2 Å². The summed E-state index contributed by atoms with van der Waals surface area (Å²) >= 11 is 5.88. The minimum absolute atomic E-state index is 0.0493. The molecule has 25 heavy (non-hydrogen) atoms. The fourth-order valence-corrected chi connectivity index (χ4v) is 3.81. The van der Waals surface area contributed by atoms with Gasteiger partial charge in [0.05, 0.1) is 10.7 Å². The van der Waals surface area contributed by atoms with Crippen molar-refractivity contribution in [2.24, 2.45) is 0 Å². The van der Waals surface area contributed by atoms with Crippen molar-refractivity contribution in [2.75, 3.05) is 18.9 Å². The van der Waals surface area contributed by atoms with Crippen LogP contribution in [0.15, 0.2) is 18.2 Å². The highest BCUT2D eigenvalue weighted by atomic mass is 35.5. The summed E-state index contributed by atoms with van der Waals surface area (Å²) in [5, 5.41) is 2.56. The van der Waals surface area contributed by atoms with Crippen LogP contribution in [0, 0.1) is 5.82 Å². The lowest BCUT2D eigenvalue weighted by Gasteiger charge is -2.35. The van der Waals surface area contributed by atoms with Gasteiger partial charge in [-0.05, 0) is 31.0 Å². The van der Waals surface area contributed by atoms with E-state index in [-0.39, 0.29) is 16.6 Å². The maximum absolute atomic E-state index is 13.1. The van der Waals surface area contributed by atoms with Gasteiger partial charge in [-0.15, -0.1) is 0 Å². The number of nitrogens with zero attached hydrogens (tertiary/aromatic N) is 2. The van der Waals surface area contributed by atoms with E-state index in [0.29, 0.717) is 12.8 Å². The highest BCUT2D eigenvalue weighted by Crippen LogP contribution is 2.39. The fraction of sp³-hybridized carbons (Fsp3) is 0.471. The molecule has 1 N–H and O–H groups in total. The van der Waals surface area contributed by atoms with Gasteiger partial charge in [0.15, 0.2) is 0 Å². The van der Waals surface area contributed by atoms with E-state index in [4.69, 9.17) is 11.6 Å². The van der Waals surface area contributed by atoms with Gasteiger partial charge in [0, 0.05) is 7.05 Å². The quantitative estimate of drug-likeness (QED) is 0.835. The Bertz CT molecular complexity index is 734. The zero-order valence-electron chi connectivity index (χ0n) is 13.8. The third-order valence-electron chi connectivity index (χ3n) is 4.99. The minimum atomic E-state index is -0.816. The van der Waals surface area contributed by atoms with E-state index in [1.54, 1.807) is 7.05 Å². The molecule has 1 heterocycles. The summed E-state index contributed by atoms with van der Waals surface area (Å²) in [5.41, 5.74) is -0.587. The Labute approximate surface area is 149 Å². The zero-order valence-corrected chi connectivity index (χ0v) is 14.6. The lowest BCUT2D eigenvalue weighted by Crippen LogP contribution is -2.49. The van der Waals surface area contributed by atoms with Crippen LogP contribution in [0.25, 0.3) is 0 Å². The molecule has 8 heteroatoms. The van der Waals surface area contributed by atoms with Gasteiger partial charge in [0.2, 0.25) is 5.91 Å². The van der Waals surface area contributed by atoms with Gasteiger partial charge in [0.1, 0.15) is 17.9 Å². The van der Waals surface area contributed by atoms with Crippen molar-refractivity contribution in [3.63, 3.8) is 0 Å². The van der Waals surface area contributed by atoms with Gasteiger partial charge in [-0.25, -0.2) is 9.18 Å². The molecular weight excluding hydrogens is 349 g/mol. The first-order valence-electron chi connectivity index (χ1n) is 8.20. The number of benzene rings is 1. The summed E-state index contributed by atoms with van der Waals surface area (Å²) < 4.78 is 13.1. The van der Waals surface area contributed by atoms with E-state index in [1.165, 1.54) is 17.0 Å². The molecule has 1 saturated heterocycles. The second-order valence-corrected chi connectivity index (χ2v) is 6.90. The van der Waals surface area contributed by atoms with Crippen LogP contribution in [0.4, 0.5) is 14.9 Å². The smallest absolute Gasteiger partial charge is 0.323 e. The molecule has 4 amide bonds. The monoisotopic (exact) mass is 367 g/mol. The van der Waals surface area contributed by atoms with Gasteiger partial charge in [0.25, 0.3) is 5.91 Å². The molecule has 0 unspecified atom stereocenters. The minimum Gasteiger partial charge on any atom is -0.323 e. The topological polar surface area (TPSA) is 69.7 Å². The molecule has 6 nitrogen and oxygen atoms in total. The van der Waals surface area contributed by atoms with Gasteiger partial charge in [-0.2, -0.15) is 0 Å². The number of nitrogens with one attached hydrogen (secondary N) is 1. The lowest BCUT2D eigenvalue weighted by atomic mass is 9.81. The molecule has 1 saturated carbocycles. The zero-order chi connectivity index (χ0) is 18.2. The average molecular weight is 368 g/mol. The van der Waals surface area contributed by atoms with Crippen LogP contribution >= 0.6 is 11.6 Å². The highest BCUT2D eigenvalue weighted by molar-refractivity contribution is 6.33. The Balaban J connectivity index is 1.72. The number of urea groups is 1. The number of likely N-dealkylation sites (N-methyl/N-ethyl adjacent to an activating group) is 1. The van der Waals surface area contributed by atoms with Crippen LogP contribution in [0.2, 0.25) is 5.02 Å². The number of anilines is 1. The van der Waals surface area contributed by atoms with E-state index in [2.05, 4.69) is 5.32 Å². The molecule has 1 aromatic carbocycles. The third-order valence-corrected chi connectivity index (χ3v) is 5.30. The van der Waals surface area contributed by atoms with Crippen LogP contribution in [0.1, 0.15) is 32.1 Å². The SMILES string of the molecule is CN1C(=O)N(CC(=O)Nc2ccc(F)cc2Cl)C(=O)C12CCCCC2. The number of hydrogen-bond donors (Lipinski definition) is 1. The summed E-state index contributed by atoms with van der Waals surface area (Å²) in [4.78, 5) is 40.0. The van der Waals surface area contributed by atoms with Crippen LogP contribution < -0.4 is 5.32 Å². The molecule has 0 radical (unpaired) electrons. The van der Waals surface area contributed by atoms with E-state index >= 15 is 0 Å². The molecule has 1 aromatic rings. The number of carbonyl (C=O) groups excluding carboxylic acids is 3. The summed E-state index contributed by atoms with van der Waals surface area (Å²) in [6.45, 7) is -0.391. The third kappa shape index (κ3) is 3.08. The van der Waals surface area contributed by atoms with Crippen molar-refractivity contribution in [2.45, 2.75) is 37.6 Å². The number of amides is 4. The molecule has 1 aliphatic carbocycles. The first kappa shape index (κ1) is 17.7. The molecule has 1 spiro atoms. The standard InChI is InChI=1S/C17H19ClFN3O3/c1-21-16(25)22(15(24)17(21)7-3-2-4-8-17)10-14(23)20-13-6-5-11(19)9-12(13)18/h5-6,9H,2-4,7-8,10H2,1H3,(H,20,23). The molecule has 1 aliphatic heterocycles. The molecule has 134 valence electrons. The van der Waals surface area contributed by atoms with Crippen molar-refractivity contribution < 1.29 is 18.8 Å². The predicted octanol–water partition coefficient (Wildman–Crippen LogP) is 3.01. The summed E-state index contributed by atoms with van der Waals surface area (Å²) in [6.07, 6.45) is 4.05. The largest absolute Gasteiger partial charge is 0.327 e. The van der Waals surface area contributed by atoms with Crippen molar-refractivity contribution in [1.82, 2.24) is 9.80 Å². The second-order valence-electron chi connectivity index (χ2n) is 6.50. The number of imide groups is 1. The number of rotatable bonds is 3. The highest BCUT2D eigenvalue weighted by Gasteiger charge is 2.55. The Morgan fingerprint density at radius 2 is 1.96 bits per heavy atom. The predicted molar refractivity (Wildman–Crippen MR) is 90.7 cm³/mol. The molecular formula is C17H19ClFN3O3. The van der Waals surface area contributed by atoms with Gasteiger partial charge in [-0.3, -0.25) is 14.5 Å². The van der Waals surface area contributed by atoms with E-state index < -0.39 is 29.8 Å². The maximum Gasteiger partial charge on any atom is 0.327 e. The maximum atomic E-state index is 13.1. The lowest BCUT2D eigenvalue weighted by molar-refractivity contribution is -0.136. The summed E-state index contributed by atoms with van der Waals surface area (Å²) in [7, 11) is 1.61. The van der Waals surface area contributed by atoms with Crippen molar-refractivity contribution in [1.29, 1.82) is 0 Å². The van der Waals surface area contributed by atoms with Crippen molar-refractivity contribution in [3.05, 3.63) is 29.0 Å². The van der Waals surface area contributed by atoms with E-state index in [9.17, 15) is 18.8 Å². The molecule has 0 aromatic heterocycles.